The molecule has 1 atom stereocenters. The number of rotatable bonds is 4. The molecule has 3 rings (SSSR count). The minimum atomic E-state index is -0.364. The topological polar surface area (TPSA) is 74.7 Å². The van der Waals surface area contributed by atoms with Crippen LogP contribution in [0.15, 0.2) is 36.0 Å². The van der Waals surface area contributed by atoms with E-state index in [9.17, 15) is 10.1 Å². The molecule has 22 heavy (non-hydrogen) atoms. The van der Waals surface area contributed by atoms with Crippen LogP contribution in [0.1, 0.15) is 31.0 Å². The van der Waals surface area contributed by atoms with Gasteiger partial charge in [-0.2, -0.15) is 0 Å². The molecule has 0 bridgehead atoms. The molecule has 0 fully saturated rings. The fraction of sp³-hybridized carbons (Fsp3) is 0.312. The summed E-state index contributed by atoms with van der Waals surface area (Å²) in [6, 6.07) is 6.87. The Hall–Kier alpha value is -2.21. The molecule has 1 aliphatic rings. The van der Waals surface area contributed by atoms with E-state index in [4.69, 9.17) is 12.2 Å². The number of nitrogens with one attached hydrogen (secondary N) is 2. The van der Waals surface area contributed by atoms with Gasteiger partial charge in [0, 0.05) is 24.0 Å². The van der Waals surface area contributed by atoms with E-state index in [1.165, 1.54) is 11.1 Å². The number of imidazole rings is 1. The van der Waals surface area contributed by atoms with Crippen molar-refractivity contribution >= 4 is 23.5 Å². The highest BCUT2D eigenvalue weighted by molar-refractivity contribution is 7.71. The first-order chi connectivity index (χ1) is 10.5. The van der Waals surface area contributed by atoms with E-state index in [1.807, 2.05) is 18.3 Å². The lowest BCUT2D eigenvalue weighted by molar-refractivity contribution is -0.384. The lowest BCUT2D eigenvalue weighted by atomic mass is 9.90. The van der Waals surface area contributed by atoms with Gasteiger partial charge in [0.15, 0.2) is 4.77 Å². The van der Waals surface area contributed by atoms with Gasteiger partial charge < -0.3 is 9.97 Å². The Bertz CT molecular complexity index is 786. The second-order valence-corrected chi connectivity index (χ2v) is 6.11. The number of benzene rings is 1. The van der Waals surface area contributed by atoms with Gasteiger partial charge in [0.1, 0.15) is 0 Å². The predicted molar refractivity (Wildman–Crippen MR) is 88.1 cm³/mol. The second-order valence-electron chi connectivity index (χ2n) is 5.71. The minimum absolute atomic E-state index is 0.131. The smallest absolute Gasteiger partial charge is 0.269 e. The number of aromatic nitrogens is 2. The molecule has 114 valence electrons. The van der Waals surface area contributed by atoms with Crippen LogP contribution in [-0.2, 0) is 6.42 Å². The number of nitro groups is 1. The molecule has 1 unspecified atom stereocenters. The first kappa shape index (κ1) is 14.7. The Morgan fingerprint density at radius 2 is 2.09 bits per heavy atom. The van der Waals surface area contributed by atoms with Crippen molar-refractivity contribution in [3.63, 3.8) is 0 Å². The standard InChI is InChI=1S/C16H17N3O2S/c1-10-2-3-12(8-13-9-17-16(22)18-13)15(10)11-4-6-14(7-5-11)19(20)21/h4-7,9,12H,2-3,8H2,1H3,(H2,17,18,22). The van der Waals surface area contributed by atoms with Crippen LogP contribution in [0.25, 0.3) is 5.57 Å². The number of non-ortho nitro benzene ring substituents is 1. The van der Waals surface area contributed by atoms with E-state index in [1.54, 1.807) is 12.1 Å². The highest BCUT2D eigenvalue weighted by Crippen LogP contribution is 2.40. The number of nitro benzene ring substituents is 1. The van der Waals surface area contributed by atoms with Crippen molar-refractivity contribution in [3.8, 4) is 0 Å². The van der Waals surface area contributed by atoms with Crippen LogP contribution in [0.4, 0.5) is 5.69 Å². The fourth-order valence-corrected chi connectivity index (χ4v) is 3.40. The van der Waals surface area contributed by atoms with Gasteiger partial charge in [-0.1, -0.05) is 5.57 Å². The lowest BCUT2D eigenvalue weighted by Crippen LogP contribution is -2.04. The summed E-state index contributed by atoms with van der Waals surface area (Å²) in [6.45, 7) is 2.15. The summed E-state index contributed by atoms with van der Waals surface area (Å²) >= 11 is 5.07. The van der Waals surface area contributed by atoms with E-state index in [2.05, 4.69) is 16.9 Å². The molecular weight excluding hydrogens is 298 g/mol. The van der Waals surface area contributed by atoms with Crippen LogP contribution in [0.2, 0.25) is 0 Å². The average Bonchev–Trinajstić information content (AvgIpc) is 3.06. The zero-order valence-corrected chi connectivity index (χ0v) is 13.1. The van der Waals surface area contributed by atoms with Crippen LogP contribution < -0.4 is 0 Å². The number of aromatic amines is 2. The number of nitrogens with zero attached hydrogens (tertiary/aromatic N) is 1. The Morgan fingerprint density at radius 3 is 2.68 bits per heavy atom. The van der Waals surface area contributed by atoms with Crippen molar-refractivity contribution in [2.24, 2.45) is 5.92 Å². The van der Waals surface area contributed by atoms with Crippen molar-refractivity contribution in [1.29, 1.82) is 0 Å². The van der Waals surface area contributed by atoms with Crippen molar-refractivity contribution in [1.82, 2.24) is 9.97 Å². The maximum absolute atomic E-state index is 10.8. The van der Waals surface area contributed by atoms with Crippen LogP contribution in [0.3, 0.4) is 0 Å². The number of H-pyrrole nitrogens is 2. The third kappa shape index (κ3) is 2.87. The van der Waals surface area contributed by atoms with E-state index in [0.29, 0.717) is 10.7 Å². The largest absolute Gasteiger partial charge is 0.337 e. The van der Waals surface area contributed by atoms with Gasteiger partial charge >= 0.3 is 0 Å². The summed E-state index contributed by atoms with van der Waals surface area (Å²) in [5, 5.41) is 10.8. The van der Waals surface area contributed by atoms with E-state index >= 15 is 0 Å². The minimum Gasteiger partial charge on any atom is -0.337 e. The van der Waals surface area contributed by atoms with Crippen molar-refractivity contribution in [3.05, 3.63) is 62.2 Å². The third-order valence-corrected chi connectivity index (χ3v) is 4.46. The second kappa shape index (κ2) is 5.88. The Balaban J connectivity index is 1.87. The molecule has 2 N–H and O–H groups in total. The molecule has 0 amide bonds. The maximum Gasteiger partial charge on any atom is 0.269 e. The predicted octanol–water partition coefficient (Wildman–Crippen LogP) is 4.41. The molecule has 1 aromatic heterocycles. The summed E-state index contributed by atoms with van der Waals surface area (Å²) in [4.78, 5) is 16.6. The summed E-state index contributed by atoms with van der Waals surface area (Å²) < 4.78 is 0.644. The molecule has 1 aliphatic carbocycles. The maximum atomic E-state index is 10.8. The molecule has 6 heteroatoms. The highest BCUT2D eigenvalue weighted by Gasteiger charge is 2.25. The lowest BCUT2D eigenvalue weighted by Gasteiger charge is -2.15. The number of allylic oxidation sites excluding steroid dienone is 2. The molecule has 1 aromatic carbocycles. The molecule has 0 saturated carbocycles. The summed E-state index contributed by atoms with van der Waals surface area (Å²) in [5.74, 6) is 0.419. The quantitative estimate of drug-likeness (QED) is 0.498. The third-order valence-electron chi connectivity index (χ3n) is 4.24. The molecule has 2 aromatic rings. The van der Waals surface area contributed by atoms with Gasteiger partial charge in [0.05, 0.1) is 4.92 Å². The van der Waals surface area contributed by atoms with Gasteiger partial charge in [-0.3, -0.25) is 10.1 Å². The van der Waals surface area contributed by atoms with Crippen molar-refractivity contribution < 1.29 is 4.92 Å². The average molecular weight is 315 g/mol. The Labute approximate surface area is 133 Å². The van der Waals surface area contributed by atoms with Gasteiger partial charge in [-0.15, -0.1) is 0 Å². The molecule has 0 radical (unpaired) electrons. The zero-order valence-electron chi connectivity index (χ0n) is 12.3. The fourth-order valence-electron chi connectivity index (χ4n) is 3.21. The SMILES string of the molecule is CC1=C(c2ccc([N+](=O)[O-])cc2)C(Cc2c[nH]c(=S)[nH]2)CC1. The Morgan fingerprint density at radius 1 is 1.36 bits per heavy atom. The van der Waals surface area contributed by atoms with Crippen LogP contribution in [-0.4, -0.2) is 14.9 Å². The Kier molecular flexibility index (Phi) is 3.94. The summed E-state index contributed by atoms with van der Waals surface area (Å²) in [5.41, 5.74) is 5.00. The van der Waals surface area contributed by atoms with Gasteiger partial charge in [-0.25, -0.2) is 0 Å². The normalized spacial score (nSPS) is 18.0. The van der Waals surface area contributed by atoms with Gasteiger partial charge in [-0.05, 0) is 67.6 Å². The zero-order chi connectivity index (χ0) is 15.7. The summed E-state index contributed by atoms with van der Waals surface area (Å²) in [6.07, 6.45) is 4.99. The number of hydrogen-bond donors (Lipinski definition) is 2. The first-order valence-corrected chi connectivity index (χ1v) is 7.66. The molecule has 0 saturated heterocycles. The van der Waals surface area contributed by atoms with Crippen LogP contribution in [0, 0.1) is 20.8 Å². The number of hydrogen-bond acceptors (Lipinski definition) is 3. The van der Waals surface area contributed by atoms with Gasteiger partial charge in [0.2, 0.25) is 0 Å². The van der Waals surface area contributed by atoms with E-state index in [-0.39, 0.29) is 10.6 Å². The molecular formula is C16H17N3O2S. The van der Waals surface area contributed by atoms with E-state index < -0.39 is 0 Å². The van der Waals surface area contributed by atoms with Gasteiger partial charge in [0.25, 0.3) is 5.69 Å². The molecule has 5 nitrogen and oxygen atoms in total. The van der Waals surface area contributed by atoms with Crippen molar-refractivity contribution in [2.45, 2.75) is 26.2 Å². The molecule has 0 spiro atoms. The first-order valence-electron chi connectivity index (χ1n) is 7.25. The van der Waals surface area contributed by atoms with E-state index in [0.717, 1.165) is 30.5 Å². The van der Waals surface area contributed by atoms with Crippen LogP contribution in [0.5, 0.6) is 0 Å². The molecule has 1 heterocycles. The monoisotopic (exact) mass is 315 g/mol. The summed E-state index contributed by atoms with van der Waals surface area (Å²) in [7, 11) is 0. The van der Waals surface area contributed by atoms with Crippen molar-refractivity contribution in [2.75, 3.05) is 0 Å². The highest BCUT2D eigenvalue weighted by atomic mass is 32.1. The van der Waals surface area contributed by atoms with Crippen LogP contribution >= 0.6 is 12.2 Å². The molecule has 0 aliphatic heterocycles.